The molecule has 3 aliphatic rings. The van der Waals surface area contributed by atoms with Crippen molar-refractivity contribution in [2.75, 3.05) is 25.5 Å². The maximum absolute atomic E-state index is 14.4. The zero-order valence-corrected chi connectivity index (χ0v) is 33.7. The number of carboxylic acids is 1. The predicted molar refractivity (Wildman–Crippen MR) is 208 cm³/mol. The number of aliphatic hydroxyl groups is 5. The Bertz CT molecular complexity index is 2010. The van der Waals surface area contributed by atoms with Gasteiger partial charge >= 0.3 is 5.97 Å². The Morgan fingerprint density at radius 1 is 0.850 bits per heavy atom. The van der Waals surface area contributed by atoms with Gasteiger partial charge < -0.3 is 72.4 Å². The van der Waals surface area contributed by atoms with Gasteiger partial charge in [0.25, 0.3) is 0 Å². The van der Waals surface area contributed by atoms with E-state index in [0.717, 1.165) is 16.7 Å². The minimum Gasteiger partial charge on any atom is -0.479 e. The molecule has 5 rings (SSSR count). The van der Waals surface area contributed by atoms with E-state index in [-0.39, 0.29) is 25.1 Å². The van der Waals surface area contributed by atoms with E-state index in [4.69, 9.17) is 0 Å². The number of aliphatic hydroxyl groups excluding tert-OH is 4. The maximum atomic E-state index is 14.4. The Hall–Kier alpha value is -5.33. The molecule has 3 aliphatic heterocycles. The summed E-state index contributed by atoms with van der Waals surface area (Å²) in [5.41, 5.74) is -1.43. The second kappa shape index (κ2) is 18.9. The van der Waals surface area contributed by atoms with Gasteiger partial charge in [-0.25, -0.2) is 4.79 Å². The predicted octanol–water partition coefficient (Wildman–Crippen LogP) is -5.07. The molecule has 328 valence electrons. The van der Waals surface area contributed by atoms with Gasteiger partial charge in [0.1, 0.15) is 47.9 Å². The summed E-state index contributed by atoms with van der Waals surface area (Å²) in [5.74, 6) is -10.5. The molecule has 60 heavy (non-hydrogen) atoms. The second-order valence-electron chi connectivity index (χ2n) is 15.5. The number of benzene rings is 1. The number of carbonyl (C=O) groups is 8. The summed E-state index contributed by atoms with van der Waals surface area (Å²) in [4.78, 5) is 115. The van der Waals surface area contributed by atoms with Gasteiger partial charge in [-0.15, -0.1) is 11.8 Å². The number of hydrogen-bond donors (Lipinski definition) is 13. The molecule has 9 unspecified atom stereocenters. The lowest BCUT2D eigenvalue weighted by Crippen LogP contribution is -2.64. The Kier molecular flexibility index (Phi) is 14.4. The lowest BCUT2D eigenvalue weighted by atomic mass is 9.94. The fourth-order valence-corrected chi connectivity index (χ4v) is 8.31. The van der Waals surface area contributed by atoms with Crippen molar-refractivity contribution in [3.05, 3.63) is 29.8 Å². The maximum Gasteiger partial charge on any atom is 0.335 e. The molecular weight excluding hydrogens is 813 g/mol. The van der Waals surface area contributed by atoms with Crippen molar-refractivity contribution in [2.24, 2.45) is 5.92 Å². The summed E-state index contributed by atoms with van der Waals surface area (Å²) < 4.78 is 0. The van der Waals surface area contributed by atoms with Gasteiger partial charge in [-0.1, -0.05) is 32.0 Å². The number of H-pyrrole nitrogens is 1. The third-order valence-corrected chi connectivity index (χ3v) is 11.8. The van der Waals surface area contributed by atoms with Gasteiger partial charge in [0.2, 0.25) is 41.4 Å². The molecule has 1 saturated heterocycles. The van der Waals surface area contributed by atoms with Gasteiger partial charge in [0.05, 0.1) is 24.3 Å². The summed E-state index contributed by atoms with van der Waals surface area (Å²) in [5, 5.41) is 77.4. The molecule has 22 nitrogen and oxygen atoms in total. The van der Waals surface area contributed by atoms with Gasteiger partial charge in [-0.3, -0.25) is 33.6 Å². The van der Waals surface area contributed by atoms with E-state index in [0.29, 0.717) is 21.5 Å². The molecule has 9 atom stereocenters. The highest BCUT2D eigenvalue weighted by Crippen LogP contribution is 2.32. The molecule has 23 heteroatoms. The monoisotopic (exact) mass is 862 g/mol. The number of fused-ring (bicyclic) bond motifs is 5. The topological polar surface area (TPSA) is 349 Å². The van der Waals surface area contributed by atoms with Crippen LogP contribution in [0.4, 0.5) is 0 Å². The first-order valence-electron chi connectivity index (χ1n) is 19.2. The Balaban J connectivity index is 1.74. The molecule has 1 aromatic carbocycles. The van der Waals surface area contributed by atoms with Gasteiger partial charge in [0, 0.05) is 42.5 Å². The zero-order chi connectivity index (χ0) is 44.2. The summed E-state index contributed by atoms with van der Waals surface area (Å²) in [6, 6.07) is -4.86. The molecule has 2 bridgehead atoms. The number of nitrogens with zero attached hydrogens (tertiary/aromatic N) is 1. The molecule has 0 spiro atoms. The number of amides is 7. The number of carboxylic acid groups (broad SMARTS) is 1. The highest BCUT2D eigenvalue weighted by atomic mass is 32.2. The number of aliphatic carboxylic acids is 1. The molecule has 1 fully saturated rings. The van der Waals surface area contributed by atoms with Crippen LogP contribution in [0.1, 0.15) is 39.2 Å². The first-order valence-corrected chi connectivity index (χ1v) is 20.1. The van der Waals surface area contributed by atoms with Crippen LogP contribution >= 0.6 is 11.8 Å². The standard InChI is InChI=1S/C37H50N8O14S/c1-15(2)25-32(54)44-26(27(49)36(57)58)33(55)41-23-12-60-34-19(18-6-4-5-7-20(18)42-34)9-21(29(51)40-22(30(52)43-25)10-37(59,13-46)14-47)39-28(50)16(3)38-31(53)24-8-17(48)11-45(24)35(23)56/h4-7,15-17,21-27,42,46-49,59H,8-14H2,1-3H3,(H,38,53)(H,39,50)(H,40,51)(H,41,55)(H,43,52)(H,44,54)(H,57,58). The van der Waals surface area contributed by atoms with Crippen LogP contribution in [0, 0.1) is 5.92 Å². The van der Waals surface area contributed by atoms with Crippen LogP contribution < -0.4 is 31.9 Å². The fourth-order valence-electron chi connectivity index (χ4n) is 7.20. The molecule has 0 aliphatic carbocycles. The van der Waals surface area contributed by atoms with E-state index in [2.05, 4.69) is 36.9 Å². The van der Waals surface area contributed by atoms with Gasteiger partial charge in [0.15, 0.2) is 6.10 Å². The first-order chi connectivity index (χ1) is 28.3. The zero-order valence-electron chi connectivity index (χ0n) is 32.8. The molecule has 2 aromatic rings. The Labute approximate surface area is 346 Å². The van der Waals surface area contributed by atoms with E-state index in [1.165, 1.54) is 20.8 Å². The van der Waals surface area contributed by atoms with Crippen LogP contribution in [0.25, 0.3) is 10.9 Å². The van der Waals surface area contributed by atoms with Crippen molar-refractivity contribution in [1.82, 2.24) is 41.8 Å². The number of para-hydroxylation sites is 1. The Morgan fingerprint density at radius 3 is 2.13 bits per heavy atom. The summed E-state index contributed by atoms with van der Waals surface area (Å²) in [6.45, 7) is 1.65. The molecule has 0 radical (unpaired) electrons. The highest BCUT2D eigenvalue weighted by molar-refractivity contribution is 7.99. The van der Waals surface area contributed by atoms with E-state index < -0.39 is 133 Å². The van der Waals surface area contributed by atoms with Crippen molar-refractivity contribution in [3.8, 4) is 0 Å². The van der Waals surface area contributed by atoms with Crippen molar-refractivity contribution in [1.29, 1.82) is 0 Å². The minimum atomic E-state index is -2.61. The van der Waals surface area contributed by atoms with Crippen LogP contribution in [0.5, 0.6) is 0 Å². The number of aromatic amines is 1. The third-order valence-electron chi connectivity index (χ3n) is 10.6. The average molecular weight is 863 g/mol. The third kappa shape index (κ3) is 10.2. The summed E-state index contributed by atoms with van der Waals surface area (Å²) >= 11 is 0.953. The quantitative estimate of drug-likeness (QED) is 0.124. The van der Waals surface area contributed by atoms with Gasteiger partial charge in [-0.05, 0) is 24.5 Å². The first kappa shape index (κ1) is 45.7. The summed E-state index contributed by atoms with van der Waals surface area (Å²) in [7, 11) is 0. The van der Waals surface area contributed by atoms with Crippen LogP contribution in [0.2, 0.25) is 0 Å². The number of carbonyl (C=O) groups excluding carboxylic acids is 7. The molecule has 13 N–H and O–H groups in total. The minimum absolute atomic E-state index is 0.277. The molecule has 0 saturated carbocycles. The SMILES string of the molecule is CC1NC(=O)C2CC(O)CN2C(=O)C2CSc3[nH]c4ccccc4c3CC(NC1=O)C(=O)NC(CC(O)(CO)CO)C(=O)NC(C(C)C)C(=O)NC(C(O)C(=O)O)C(=O)N2. The summed E-state index contributed by atoms with van der Waals surface area (Å²) in [6.07, 6.45) is -5.26. The average Bonchev–Trinajstić information content (AvgIpc) is 3.77. The Morgan fingerprint density at radius 2 is 1.48 bits per heavy atom. The number of aromatic nitrogens is 1. The second-order valence-corrected chi connectivity index (χ2v) is 16.6. The number of thioether (sulfide) groups is 1. The van der Waals surface area contributed by atoms with E-state index >= 15 is 0 Å². The molecule has 7 amide bonds. The van der Waals surface area contributed by atoms with E-state index in [1.807, 2.05) is 0 Å². The number of nitrogens with one attached hydrogen (secondary N) is 7. The fraction of sp³-hybridized carbons (Fsp3) is 0.568. The molecular formula is C37H50N8O14S. The van der Waals surface area contributed by atoms with Crippen LogP contribution in [0.3, 0.4) is 0 Å². The largest absolute Gasteiger partial charge is 0.479 e. The number of hydrogen-bond acceptors (Lipinski definition) is 14. The van der Waals surface area contributed by atoms with Gasteiger partial charge in [-0.2, -0.15) is 0 Å². The lowest BCUT2D eigenvalue weighted by molar-refractivity contribution is -0.152. The van der Waals surface area contributed by atoms with E-state index in [9.17, 15) is 69.0 Å². The van der Waals surface area contributed by atoms with Crippen molar-refractivity contribution in [3.63, 3.8) is 0 Å². The number of rotatable bonds is 7. The van der Waals surface area contributed by atoms with Crippen LogP contribution in [0.15, 0.2) is 29.3 Å². The highest BCUT2D eigenvalue weighted by Gasteiger charge is 2.45. The molecule has 1 aromatic heterocycles. The molecule has 4 heterocycles. The van der Waals surface area contributed by atoms with Crippen LogP contribution in [-0.4, -0.2) is 173 Å². The van der Waals surface area contributed by atoms with Crippen molar-refractivity contribution in [2.45, 2.75) is 105 Å². The van der Waals surface area contributed by atoms with Crippen molar-refractivity contribution < 1.29 is 69.0 Å². The van der Waals surface area contributed by atoms with Crippen molar-refractivity contribution >= 4 is 70.0 Å². The normalized spacial score (nSPS) is 28.4. The van der Waals surface area contributed by atoms with Crippen LogP contribution in [-0.2, 0) is 44.8 Å². The lowest BCUT2D eigenvalue weighted by Gasteiger charge is -2.32. The van der Waals surface area contributed by atoms with E-state index in [1.54, 1.807) is 24.3 Å². The smallest absolute Gasteiger partial charge is 0.335 e.